The van der Waals surface area contributed by atoms with Crippen molar-refractivity contribution in [3.63, 3.8) is 0 Å². The number of carbonyl (C=O) groups excluding carboxylic acids is 3. The Hall–Kier alpha value is -2.33. The van der Waals surface area contributed by atoms with Crippen molar-refractivity contribution in [3.05, 3.63) is 34.2 Å². The maximum atomic E-state index is 11.9. The smallest absolute Gasteiger partial charge is 0.316 e. The van der Waals surface area contributed by atoms with Crippen molar-refractivity contribution in [1.82, 2.24) is 10.5 Å². The van der Waals surface area contributed by atoms with Gasteiger partial charge in [-0.05, 0) is 31.7 Å². The normalized spacial score (nSPS) is 11.6. The van der Waals surface area contributed by atoms with Crippen LogP contribution < -0.4 is 10.6 Å². The number of amides is 2. The SMILES string of the molecule is Cc1cc(NC(=O)CSCC(=O)O[C@@H](C)C(=O)NCCc2cccs2)no1. The Labute approximate surface area is 165 Å². The number of aryl methyl sites for hydroxylation is 1. The van der Waals surface area contributed by atoms with Crippen molar-refractivity contribution < 1.29 is 23.6 Å². The molecular formula is C17H21N3O5S2. The quantitative estimate of drug-likeness (QED) is 0.575. The zero-order valence-corrected chi connectivity index (χ0v) is 16.7. The van der Waals surface area contributed by atoms with E-state index < -0.39 is 12.1 Å². The Morgan fingerprint density at radius 1 is 1.37 bits per heavy atom. The summed E-state index contributed by atoms with van der Waals surface area (Å²) in [6.07, 6.45) is -0.145. The number of rotatable bonds is 10. The van der Waals surface area contributed by atoms with Crippen LogP contribution in [0, 0.1) is 6.92 Å². The van der Waals surface area contributed by atoms with Crippen LogP contribution in [0.2, 0.25) is 0 Å². The molecule has 0 unspecified atom stereocenters. The molecule has 2 heterocycles. The van der Waals surface area contributed by atoms with Gasteiger partial charge < -0.3 is 19.9 Å². The molecule has 0 fully saturated rings. The molecule has 146 valence electrons. The predicted octanol–water partition coefficient (Wildman–Crippen LogP) is 2.01. The molecule has 0 saturated carbocycles. The number of nitrogens with zero attached hydrogens (tertiary/aromatic N) is 1. The van der Waals surface area contributed by atoms with Crippen molar-refractivity contribution in [3.8, 4) is 0 Å². The molecule has 0 aromatic carbocycles. The van der Waals surface area contributed by atoms with E-state index >= 15 is 0 Å². The minimum Gasteiger partial charge on any atom is -0.452 e. The summed E-state index contributed by atoms with van der Waals surface area (Å²) in [7, 11) is 0. The molecule has 27 heavy (non-hydrogen) atoms. The Bertz CT molecular complexity index is 760. The van der Waals surface area contributed by atoms with Gasteiger partial charge in [-0.3, -0.25) is 14.4 Å². The molecule has 0 radical (unpaired) electrons. The fourth-order valence-electron chi connectivity index (χ4n) is 2.02. The molecule has 8 nitrogen and oxygen atoms in total. The molecule has 2 N–H and O–H groups in total. The Kier molecular flexibility index (Phi) is 8.34. The van der Waals surface area contributed by atoms with Crippen molar-refractivity contribution in [2.75, 3.05) is 23.4 Å². The zero-order valence-electron chi connectivity index (χ0n) is 15.0. The number of hydrogen-bond donors (Lipinski definition) is 2. The molecular weight excluding hydrogens is 390 g/mol. The summed E-state index contributed by atoms with van der Waals surface area (Å²) >= 11 is 2.72. The van der Waals surface area contributed by atoms with Gasteiger partial charge in [0, 0.05) is 17.5 Å². The number of aromatic nitrogens is 1. The second-order valence-corrected chi connectivity index (χ2v) is 7.63. The largest absolute Gasteiger partial charge is 0.452 e. The molecule has 0 saturated heterocycles. The molecule has 0 aliphatic carbocycles. The second kappa shape index (κ2) is 10.7. The van der Waals surface area contributed by atoms with Crippen LogP contribution in [0.3, 0.4) is 0 Å². The number of thiophene rings is 1. The average molecular weight is 412 g/mol. The van der Waals surface area contributed by atoms with Gasteiger partial charge in [0.05, 0.1) is 11.5 Å². The first-order valence-electron chi connectivity index (χ1n) is 8.24. The molecule has 0 spiro atoms. The van der Waals surface area contributed by atoms with E-state index in [1.165, 1.54) is 11.8 Å². The van der Waals surface area contributed by atoms with Gasteiger partial charge in [-0.1, -0.05) is 11.2 Å². The first kappa shape index (κ1) is 21.0. The Morgan fingerprint density at radius 2 is 2.19 bits per heavy atom. The standard InChI is InChI=1S/C17H21N3O5S2/c1-11-8-14(20-25-11)19-15(21)9-26-10-16(22)24-12(2)17(23)18-6-5-13-4-3-7-27-13/h3-4,7-8,12H,5-6,9-10H2,1-2H3,(H,18,23)(H,19,20,21)/t12-/m0/s1. The summed E-state index contributed by atoms with van der Waals surface area (Å²) in [6.45, 7) is 3.72. The van der Waals surface area contributed by atoms with E-state index in [0.29, 0.717) is 18.1 Å². The van der Waals surface area contributed by atoms with Crippen molar-refractivity contribution >= 4 is 46.7 Å². The van der Waals surface area contributed by atoms with Crippen LogP contribution in [0.5, 0.6) is 0 Å². The molecule has 0 aliphatic rings. The third-order valence-corrected chi connectivity index (χ3v) is 5.12. The maximum absolute atomic E-state index is 11.9. The van der Waals surface area contributed by atoms with Gasteiger partial charge in [0.25, 0.3) is 5.91 Å². The fraction of sp³-hybridized carbons (Fsp3) is 0.412. The highest BCUT2D eigenvalue weighted by Gasteiger charge is 2.17. The number of thioether (sulfide) groups is 1. The number of nitrogens with one attached hydrogen (secondary N) is 2. The van der Waals surface area contributed by atoms with Gasteiger partial charge in [-0.25, -0.2) is 0 Å². The number of anilines is 1. The van der Waals surface area contributed by atoms with Crippen molar-refractivity contribution in [2.45, 2.75) is 26.4 Å². The van der Waals surface area contributed by atoms with Gasteiger partial charge in [-0.2, -0.15) is 0 Å². The van der Waals surface area contributed by atoms with Crippen molar-refractivity contribution in [1.29, 1.82) is 0 Å². The first-order valence-corrected chi connectivity index (χ1v) is 10.3. The Morgan fingerprint density at radius 3 is 2.85 bits per heavy atom. The summed E-state index contributed by atoms with van der Waals surface area (Å²) in [5.74, 6) is -0.256. The molecule has 2 rings (SSSR count). The van der Waals surface area contributed by atoms with E-state index in [0.717, 1.165) is 18.2 Å². The number of ether oxygens (including phenoxy) is 1. The van der Waals surface area contributed by atoms with E-state index in [1.807, 2.05) is 17.5 Å². The minimum atomic E-state index is -0.881. The number of hydrogen-bond acceptors (Lipinski definition) is 8. The van der Waals surface area contributed by atoms with Crippen LogP contribution in [0.1, 0.15) is 17.6 Å². The second-order valence-electron chi connectivity index (χ2n) is 5.62. The minimum absolute atomic E-state index is 0.0297. The number of esters is 1. The third-order valence-electron chi connectivity index (χ3n) is 3.28. The molecule has 2 aromatic heterocycles. The van der Waals surface area contributed by atoms with E-state index in [-0.39, 0.29) is 23.3 Å². The van der Waals surface area contributed by atoms with Crippen LogP contribution in [0.25, 0.3) is 0 Å². The zero-order chi connectivity index (χ0) is 19.6. The lowest BCUT2D eigenvalue weighted by molar-refractivity contribution is -0.152. The molecule has 0 aliphatic heterocycles. The third kappa shape index (κ3) is 7.83. The molecule has 2 amide bonds. The van der Waals surface area contributed by atoms with Crippen LogP contribution in [0.15, 0.2) is 28.1 Å². The average Bonchev–Trinajstić information content (AvgIpc) is 3.26. The van der Waals surface area contributed by atoms with Gasteiger partial charge in [0.1, 0.15) is 5.76 Å². The van der Waals surface area contributed by atoms with Gasteiger partial charge >= 0.3 is 5.97 Å². The summed E-state index contributed by atoms with van der Waals surface area (Å²) in [4.78, 5) is 36.6. The fourth-order valence-corrected chi connectivity index (χ4v) is 3.33. The van der Waals surface area contributed by atoms with E-state index in [4.69, 9.17) is 9.26 Å². The van der Waals surface area contributed by atoms with Gasteiger partial charge in [-0.15, -0.1) is 23.1 Å². The van der Waals surface area contributed by atoms with E-state index in [9.17, 15) is 14.4 Å². The van der Waals surface area contributed by atoms with E-state index in [1.54, 1.807) is 24.3 Å². The lowest BCUT2D eigenvalue weighted by Gasteiger charge is -2.13. The summed E-state index contributed by atoms with van der Waals surface area (Å²) < 4.78 is 9.92. The van der Waals surface area contributed by atoms with Crippen LogP contribution >= 0.6 is 23.1 Å². The van der Waals surface area contributed by atoms with Crippen LogP contribution in [-0.4, -0.2) is 47.1 Å². The van der Waals surface area contributed by atoms with Crippen LogP contribution in [0.4, 0.5) is 5.82 Å². The highest BCUT2D eigenvalue weighted by Crippen LogP contribution is 2.10. The first-order chi connectivity index (χ1) is 12.9. The van der Waals surface area contributed by atoms with Gasteiger partial charge in [0.2, 0.25) is 5.91 Å². The Balaban J connectivity index is 1.58. The highest BCUT2D eigenvalue weighted by atomic mass is 32.2. The number of carbonyl (C=O) groups is 3. The predicted molar refractivity (Wildman–Crippen MR) is 104 cm³/mol. The highest BCUT2D eigenvalue weighted by molar-refractivity contribution is 8.00. The molecule has 1 atom stereocenters. The molecule has 2 aromatic rings. The lowest BCUT2D eigenvalue weighted by Crippen LogP contribution is -2.37. The lowest BCUT2D eigenvalue weighted by atomic mass is 10.3. The monoisotopic (exact) mass is 411 g/mol. The molecule has 0 bridgehead atoms. The van der Waals surface area contributed by atoms with Crippen molar-refractivity contribution in [2.24, 2.45) is 0 Å². The maximum Gasteiger partial charge on any atom is 0.316 e. The molecule has 10 heteroatoms. The summed E-state index contributed by atoms with van der Waals surface area (Å²) in [5.41, 5.74) is 0. The summed E-state index contributed by atoms with van der Waals surface area (Å²) in [6, 6.07) is 5.55. The van der Waals surface area contributed by atoms with E-state index in [2.05, 4.69) is 15.8 Å². The summed E-state index contributed by atoms with van der Waals surface area (Å²) in [5, 5.41) is 10.9. The van der Waals surface area contributed by atoms with Gasteiger partial charge in [0.15, 0.2) is 11.9 Å². The van der Waals surface area contributed by atoms with Crippen LogP contribution in [-0.2, 0) is 25.5 Å². The topological polar surface area (TPSA) is 111 Å².